The number of benzene rings is 4. The largest absolute Gasteiger partial charge is 0.497 e. The first kappa shape index (κ1) is 23.5. The Morgan fingerprint density at radius 3 is 1.88 bits per heavy atom. The highest BCUT2D eigenvalue weighted by molar-refractivity contribution is 7.98. The third-order valence-electron chi connectivity index (χ3n) is 5.66. The number of urea groups is 1. The van der Waals surface area contributed by atoms with E-state index >= 15 is 0 Å². The SMILES string of the molecule is COc1ccc(CN(C(=O)Nc2ccc(SC)cc2)C(c2ccccc2)c2ccccc2)cc1. The van der Waals surface area contributed by atoms with Gasteiger partial charge in [0.1, 0.15) is 5.75 Å². The zero-order valence-electron chi connectivity index (χ0n) is 19.3. The van der Waals surface area contributed by atoms with Crippen LogP contribution in [0, 0.1) is 0 Å². The number of anilines is 1. The molecule has 1 N–H and O–H groups in total. The molecule has 34 heavy (non-hydrogen) atoms. The Morgan fingerprint density at radius 2 is 1.38 bits per heavy atom. The maximum absolute atomic E-state index is 13.8. The van der Waals surface area contributed by atoms with Crippen LogP contribution in [0.4, 0.5) is 10.5 Å². The van der Waals surface area contributed by atoms with Crippen molar-refractivity contribution in [3.63, 3.8) is 0 Å². The van der Waals surface area contributed by atoms with Gasteiger partial charge in [0, 0.05) is 17.1 Å². The standard InChI is InChI=1S/C29H28N2O2S/c1-33-26-17-13-22(14-18-26)21-31(29(32)30-25-15-19-27(34-2)20-16-25)28(23-9-5-3-6-10-23)24-11-7-4-8-12-24/h3-20,28H,21H2,1-2H3,(H,30,32). The number of amides is 2. The van der Waals surface area contributed by atoms with Crippen LogP contribution in [0.25, 0.3) is 0 Å². The van der Waals surface area contributed by atoms with Crippen molar-refractivity contribution in [2.75, 3.05) is 18.7 Å². The van der Waals surface area contributed by atoms with E-state index in [1.165, 1.54) is 0 Å². The maximum atomic E-state index is 13.8. The summed E-state index contributed by atoms with van der Waals surface area (Å²) in [4.78, 5) is 16.8. The fourth-order valence-electron chi connectivity index (χ4n) is 3.90. The van der Waals surface area contributed by atoms with E-state index in [9.17, 15) is 4.79 Å². The molecule has 4 aromatic carbocycles. The van der Waals surface area contributed by atoms with Crippen LogP contribution >= 0.6 is 11.8 Å². The summed E-state index contributed by atoms with van der Waals surface area (Å²) in [6, 6.07) is 35.6. The normalized spacial score (nSPS) is 10.7. The second-order valence-electron chi connectivity index (χ2n) is 7.86. The van der Waals surface area contributed by atoms with E-state index in [4.69, 9.17) is 4.74 Å². The predicted molar refractivity (Wildman–Crippen MR) is 141 cm³/mol. The summed E-state index contributed by atoms with van der Waals surface area (Å²) in [5, 5.41) is 3.11. The number of carbonyl (C=O) groups is 1. The van der Waals surface area contributed by atoms with Crippen LogP contribution in [0.5, 0.6) is 5.75 Å². The third-order valence-corrected chi connectivity index (χ3v) is 6.40. The molecule has 0 aliphatic heterocycles. The van der Waals surface area contributed by atoms with E-state index in [1.807, 2.05) is 96.1 Å². The first-order valence-electron chi connectivity index (χ1n) is 11.1. The minimum absolute atomic E-state index is 0.162. The summed E-state index contributed by atoms with van der Waals surface area (Å²) in [5.41, 5.74) is 3.89. The van der Waals surface area contributed by atoms with Crippen molar-refractivity contribution in [3.05, 3.63) is 126 Å². The van der Waals surface area contributed by atoms with Gasteiger partial charge in [0.05, 0.1) is 13.2 Å². The number of rotatable bonds is 8. The van der Waals surface area contributed by atoms with Gasteiger partial charge in [-0.3, -0.25) is 0 Å². The lowest BCUT2D eigenvalue weighted by molar-refractivity contribution is 0.194. The fraction of sp³-hybridized carbons (Fsp3) is 0.138. The number of nitrogens with zero attached hydrogens (tertiary/aromatic N) is 1. The quantitative estimate of drug-likeness (QED) is 0.277. The number of ether oxygens (including phenoxy) is 1. The first-order chi connectivity index (χ1) is 16.7. The molecule has 0 fully saturated rings. The van der Waals surface area contributed by atoms with Crippen molar-refractivity contribution in [1.29, 1.82) is 0 Å². The Hall–Kier alpha value is -3.70. The molecule has 172 valence electrons. The van der Waals surface area contributed by atoms with Crippen LogP contribution in [0.2, 0.25) is 0 Å². The van der Waals surface area contributed by atoms with Gasteiger partial charge in [0.15, 0.2) is 0 Å². The smallest absolute Gasteiger partial charge is 0.322 e. The molecular weight excluding hydrogens is 440 g/mol. The van der Waals surface area contributed by atoms with Crippen molar-refractivity contribution in [2.45, 2.75) is 17.5 Å². The van der Waals surface area contributed by atoms with E-state index in [-0.39, 0.29) is 12.1 Å². The second kappa shape index (κ2) is 11.4. The van der Waals surface area contributed by atoms with Crippen molar-refractivity contribution >= 4 is 23.5 Å². The van der Waals surface area contributed by atoms with Gasteiger partial charge in [-0.05, 0) is 59.3 Å². The monoisotopic (exact) mass is 468 g/mol. The summed E-state index contributed by atoms with van der Waals surface area (Å²) in [6.07, 6.45) is 2.04. The Morgan fingerprint density at radius 1 is 0.824 bits per heavy atom. The average molecular weight is 469 g/mol. The molecule has 0 aliphatic carbocycles. The highest BCUT2D eigenvalue weighted by atomic mass is 32.2. The van der Waals surface area contributed by atoms with Crippen LogP contribution in [-0.4, -0.2) is 24.3 Å². The van der Waals surface area contributed by atoms with E-state index in [0.29, 0.717) is 6.54 Å². The zero-order valence-corrected chi connectivity index (χ0v) is 20.2. The Bertz CT molecular complexity index is 1140. The molecule has 0 radical (unpaired) electrons. The molecule has 0 bridgehead atoms. The minimum atomic E-state index is -0.255. The lowest BCUT2D eigenvalue weighted by Gasteiger charge is -2.33. The summed E-state index contributed by atoms with van der Waals surface area (Å²) in [6.45, 7) is 0.438. The minimum Gasteiger partial charge on any atom is -0.497 e. The van der Waals surface area contributed by atoms with Gasteiger partial charge < -0.3 is 15.0 Å². The van der Waals surface area contributed by atoms with Crippen molar-refractivity contribution in [3.8, 4) is 5.75 Å². The summed E-state index contributed by atoms with van der Waals surface area (Å²) in [5.74, 6) is 0.788. The molecule has 0 unspecified atom stereocenters. The molecule has 0 aliphatic rings. The molecule has 2 amide bonds. The van der Waals surface area contributed by atoms with Gasteiger partial charge in [-0.2, -0.15) is 0 Å². The van der Waals surface area contributed by atoms with Gasteiger partial charge in [-0.25, -0.2) is 4.79 Å². The Labute approximate surface area is 205 Å². The molecule has 0 saturated carbocycles. The van der Waals surface area contributed by atoms with E-state index in [1.54, 1.807) is 18.9 Å². The number of nitrogens with one attached hydrogen (secondary N) is 1. The Balaban J connectivity index is 1.72. The van der Waals surface area contributed by atoms with Gasteiger partial charge in [0.2, 0.25) is 0 Å². The molecule has 4 rings (SSSR count). The molecule has 4 nitrogen and oxygen atoms in total. The molecule has 0 aromatic heterocycles. The lowest BCUT2D eigenvalue weighted by atomic mass is 9.96. The van der Waals surface area contributed by atoms with Gasteiger partial charge in [-0.1, -0.05) is 72.8 Å². The van der Waals surface area contributed by atoms with Crippen LogP contribution < -0.4 is 10.1 Å². The number of carbonyl (C=O) groups excluding carboxylic acids is 1. The lowest BCUT2D eigenvalue weighted by Crippen LogP contribution is -2.38. The number of thioether (sulfide) groups is 1. The molecule has 0 spiro atoms. The fourth-order valence-corrected chi connectivity index (χ4v) is 4.31. The molecule has 0 saturated heterocycles. The molecular formula is C29H28N2O2S. The predicted octanol–water partition coefficient (Wildman–Crippen LogP) is 7.24. The molecule has 5 heteroatoms. The zero-order chi connectivity index (χ0) is 23.8. The summed E-state index contributed by atoms with van der Waals surface area (Å²) in [7, 11) is 1.65. The summed E-state index contributed by atoms with van der Waals surface area (Å²) >= 11 is 1.67. The topological polar surface area (TPSA) is 41.6 Å². The Kier molecular flexibility index (Phi) is 7.89. The third kappa shape index (κ3) is 5.80. The van der Waals surface area contributed by atoms with Crippen LogP contribution in [0.3, 0.4) is 0 Å². The van der Waals surface area contributed by atoms with Gasteiger partial charge in [-0.15, -0.1) is 11.8 Å². The number of methoxy groups -OCH3 is 1. The van der Waals surface area contributed by atoms with Crippen LogP contribution in [0.15, 0.2) is 114 Å². The molecule has 0 heterocycles. The number of hydrogen-bond donors (Lipinski definition) is 1. The highest BCUT2D eigenvalue weighted by Crippen LogP contribution is 2.31. The van der Waals surface area contributed by atoms with E-state index in [0.717, 1.165) is 33.0 Å². The van der Waals surface area contributed by atoms with Crippen molar-refractivity contribution < 1.29 is 9.53 Å². The highest BCUT2D eigenvalue weighted by Gasteiger charge is 2.27. The maximum Gasteiger partial charge on any atom is 0.322 e. The van der Waals surface area contributed by atoms with Gasteiger partial charge >= 0.3 is 6.03 Å². The number of hydrogen-bond acceptors (Lipinski definition) is 3. The van der Waals surface area contributed by atoms with E-state index in [2.05, 4.69) is 29.6 Å². The first-order valence-corrected chi connectivity index (χ1v) is 12.3. The van der Waals surface area contributed by atoms with E-state index < -0.39 is 0 Å². The molecule has 0 atom stereocenters. The van der Waals surface area contributed by atoms with Crippen LogP contribution in [-0.2, 0) is 6.54 Å². The van der Waals surface area contributed by atoms with Crippen LogP contribution in [0.1, 0.15) is 22.7 Å². The molecule has 4 aromatic rings. The van der Waals surface area contributed by atoms with Crippen molar-refractivity contribution in [2.24, 2.45) is 0 Å². The average Bonchev–Trinajstić information content (AvgIpc) is 2.90. The second-order valence-corrected chi connectivity index (χ2v) is 8.74. The summed E-state index contributed by atoms with van der Waals surface area (Å²) < 4.78 is 5.31. The van der Waals surface area contributed by atoms with Crippen molar-refractivity contribution in [1.82, 2.24) is 4.90 Å². The van der Waals surface area contributed by atoms with Gasteiger partial charge in [0.25, 0.3) is 0 Å².